The summed E-state index contributed by atoms with van der Waals surface area (Å²) in [7, 11) is 0. The van der Waals surface area contributed by atoms with Crippen molar-refractivity contribution in [3.8, 4) is 0 Å². The van der Waals surface area contributed by atoms with Crippen molar-refractivity contribution < 1.29 is 9.72 Å². The maximum Gasteiger partial charge on any atom is 0.312 e. The Hall–Kier alpha value is -1.70. The zero-order valence-electron chi connectivity index (χ0n) is 10.1. The average Bonchev–Trinajstić information content (AvgIpc) is 3.19. The summed E-state index contributed by atoms with van der Waals surface area (Å²) >= 11 is 3.14. The largest absolute Gasteiger partial charge is 0.363 e. The third-order valence-electron chi connectivity index (χ3n) is 2.70. The number of amides is 1. The summed E-state index contributed by atoms with van der Waals surface area (Å²) in [6.07, 6.45) is 3.40. The SMILES string of the molecule is O=C(NCCNc1ncc(Br)cc1[N+](=O)[O-])C1CC1. The van der Waals surface area contributed by atoms with Crippen LogP contribution < -0.4 is 10.6 Å². The Morgan fingerprint density at radius 3 is 2.89 bits per heavy atom. The number of aromatic nitrogens is 1. The number of carbonyl (C=O) groups is 1. The number of nitrogens with one attached hydrogen (secondary N) is 2. The van der Waals surface area contributed by atoms with E-state index in [9.17, 15) is 14.9 Å². The molecular weight excluding hydrogens is 316 g/mol. The van der Waals surface area contributed by atoms with E-state index >= 15 is 0 Å². The minimum Gasteiger partial charge on any atom is -0.363 e. The molecule has 2 N–H and O–H groups in total. The van der Waals surface area contributed by atoms with Gasteiger partial charge in [-0.2, -0.15) is 0 Å². The molecule has 0 unspecified atom stereocenters. The smallest absolute Gasteiger partial charge is 0.312 e. The molecule has 0 bridgehead atoms. The highest BCUT2D eigenvalue weighted by molar-refractivity contribution is 9.10. The van der Waals surface area contributed by atoms with E-state index in [4.69, 9.17) is 0 Å². The first kappa shape index (κ1) is 13.7. The molecule has 0 atom stereocenters. The Kier molecular flexibility index (Phi) is 4.31. The summed E-state index contributed by atoms with van der Waals surface area (Å²) in [5.74, 6) is 0.425. The Labute approximate surface area is 118 Å². The second kappa shape index (κ2) is 5.96. The van der Waals surface area contributed by atoms with Gasteiger partial charge in [0.1, 0.15) is 0 Å². The topological polar surface area (TPSA) is 97.2 Å². The fourth-order valence-electron chi connectivity index (χ4n) is 1.56. The normalized spacial score (nSPS) is 13.9. The molecule has 1 aliphatic rings. The maximum atomic E-state index is 11.4. The number of hydrogen-bond acceptors (Lipinski definition) is 5. The summed E-state index contributed by atoms with van der Waals surface area (Å²) in [6, 6.07) is 1.39. The first-order valence-corrected chi connectivity index (χ1v) is 6.68. The van der Waals surface area contributed by atoms with Crippen molar-refractivity contribution in [3.63, 3.8) is 0 Å². The third kappa shape index (κ3) is 3.88. The van der Waals surface area contributed by atoms with Gasteiger partial charge in [-0.15, -0.1) is 0 Å². The van der Waals surface area contributed by atoms with Gasteiger partial charge in [-0.25, -0.2) is 4.98 Å². The Morgan fingerprint density at radius 1 is 1.53 bits per heavy atom. The van der Waals surface area contributed by atoms with Gasteiger partial charge in [0.25, 0.3) is 0 Å². The van der Waals surface area contributed by atoms with E-state index < -0.39 is 4.92 Å². The fourth-order valence-corrected chi connectivity index (χ4v) is 1.88. The predicted molar refractivity (Wildman–Crippen MR) is 72.8 cm³/mol. The number of halogens is 1. The van der Waals surface area contributed by atoms with Gasteiger partial charge in [-0.1, -0.05) is 0 Å². The van der Waals surface area contributed by atoms with Crippen LogP contribution in [0.5, 0.6) is 0 Å². The van der Waals surface area contributed by atoms with Crippen LogP contribution in [0.2, 0.25) is 0 Å². The number of anilines is 1. The second-order valence-electron chi connectivity index (χ2n) is 4.27. The number of nitrogens with zero attached hydrogens (tertiary/aromatic N) is 2. The van der Waals surface area contributed by atoms with Crippen molar-refractivity contribution in [2.75, 3.05) is 18.4 Å². The second-order valence-corrected chi connectivity index (χ2v) is 5.19. The highest BCUT2D eigenvalue weighted by Gasteiger charge is 2.29. The van der Waals surface area contributed by atoms with Crippen molar-refractivity contribution in [3.05, 3.63) is 26.9 Å². The third-order valence-corrected chi connectivity index (χ3v) is 3.13. The molecule has 102 valence electrons. The van der Waals surface area contributed by atoms with Crippen molar-refractivity contribution in [2.24, 2.45) is 5.92 Å². The molecule has 2 rings (SSSR count). The minimum atomic E-state index is -0.497. The molecular formula is C11H13BrN4O3. The quantitative estimate of drug-likeness (QED) is 0.470. The van der Waals surface area contributed by atoms with Crippen LogP contribution in [0.15, 0.2) is 16.7 Å². The van der Waals surface area contributed by atoms with Gasteiger partial charge in [0, 0.05) is 35.7 Å². The van der Waals surface area contributed by atoms with E-state index in [-0.39, 0.29) is 23.3 Å². The molecule has 1 aliphatic carbocycles. The number of pyridine rings is 1. The zero-order chi connectivity index (χ0) is 13.8. The van der Waals surface area contributed by atoms with Crippen LogP contribution in [0.25, 0.3) is 0 Å². The van der Waals surface area contributed by atoms with E-state index in [0.29, 0.717) is 17.6 Å². The van der Waals surface area contributed by atoms with Crippen LogP contribution in [0.4, 0.5) is 11.5 Å². The average molecular weight is 329 g/mol. The standard InChI is InChI=1S/C11H13BrN4O3/c12-8-5-9(16(18)19)10(15-6-8)13-3-4-14-11(17)7-1-2-7/h5-7H,1-4H2,(H,13,15)(H,14,17). The van der Waals surface area contributed by atoms with Gasteiger partial charge in [0.15, 0.2) is 0 Å². The molecule has 1 fully saturated rings. The molecule has 0 saturated heterocycles. The number of hydrogen-bond donors (Lipinski definition) is 2. The van der Waals surface area contributed by atoms with E-state index in [1.807, 2.05) is 0 Å². The lowest BCUT2D eigenvalue weighted by Gasteiger charge is -2.07. The van der Waals surface area contributed by atoms with Gasteiger partial charge in [0.2, 0.25) is 11.7 Å². The lowest BCUT2D eigenvalue weighted by atomic mass is 10.4. The van der Waals surface area contributed by atoms with Crippen LogP contribution in [0.3, 0.4) is 0 Å². The van der Waals surface area contributed by atoms with Crippen molar-refractivity contribution in [2.45, 2.75) is 12.8 Å². The van der Waals surface area contributed by atoms with Crippen LogP contribution in [-0.4, -0.2) is 28.9 Å². The van der Waals surface area contributed by atoms with Crippen molar-refractivity contribution in [1.29, 1.82) is 0 Å². The molecule has 0 radical (unpaired) electrons. The van der Waals surface area contributed by atoms with Gasteiger partial charge < -0.3 is 10.6 Å². The maximum absolute atomic E-state index is 11.4. The summed E-state index contributed by atoms with van der Waals surface area (Å²) in [6.45, 7) is 0.818. The van der Waals surface area contributed by atoms with E-state index in [1.54, 1.807) is 0 Å². The first-order chi connectivity index (χ1) is 9.08. The van der Waals surface area contributed by atoms with E-state index in [2.05, 4.69) is 31.5 Å². The van der Waals surface area contributed by atoms with Gasteiger partial charge in [-0.3, -0.25) is 14.9 Å². The molecule has 0 aliphatic heterocycles. The monoisotopic (exact) mass is 328 g/mol. The molecule has 19 heavy (non-hydrogen) atoms. The molecule has 1 aromatic rings. The molecule has 1 saturated carbocycles. The van der Waals surface area contributed by atoms with Crippen LogP contribution in [-0.2, 0) is 4.79 Å². The number of rotatable bonds is 6. The molecule has 1 amide bonds. The van der Waals surface area contributed by atoms with E-state index in [1.165, 1.54) is 12.3 Å². The first-order valence-electron chi connectivity index (χ1n) is 5.89. The summed E-state index contributed by atoms with van der Waals surface area (Å²) in [5, 5.41) is 16.5. The molecule has 7 nitrogen and oxygen atoms in total. The fraction of sp³-hybridized carbons (Fsp3) is 0.455. The van der Waals surface area contributed by atoms with Crippen LogP contribution >= 0.6 is 15.9 Å². The zero-order valence-corrected chi connectivity index (χ0v) is 11.6. The molecule has 0 aromatic carbocycles. The highest BCUT2D eigenvalue weighted by Crippen LogP contribution is 2.28. The number of nitro groups is 1. The van der Waals surface area contributed by atoms with Crippen molar-refractivity contribution in [1.82, 2.24) is 10.3 Å². The summed E-state index contributed by atoms with van der Waals surface area (Å²) < 4.78 is 0.548. The van der Waals surface area contributed by atoms with E-state index in [0.717, 1.165) is 12.8 Å². The highest BCUT2D eigenvalue weighted by atomic mass is 79.9. The lowest BCUT2D eigenvalue weighted by molar-refractivity contribution is -0.384. The summed E-state index contributed by atoms with van der Waals surface area (Å²) in [4.78, 5) is 25.7. The molecule has 1 aromatic heterocycles. The predicted octanol–water partition coefficient (Wildman–Crippen LogP) is 1.69. The van der Waals surface area contributed by atoms with Crippen LogP contribution in [0.1, 0.15) is 12.8 Å². The molecule has 8 heteroatoms. The Morgan fingerprint density at radius 2 is 2.26 bits per heavy atom. The Bertz CT molecular complexity index is 505. The van der Waals surface area contributed by atoms with Gasteiger partial charge >= 0.3 is 5.69 Å². The van der Waals surface area contributed by atoms with Crippen molar-refractivity contribution >= 4 is 33.3 Å². The number of carbonyl (C=O) groups excluding carboxylic acids is 1. The minimum absolute atomic E-state index is 0.0556. The molecule has 0 spiro atoms. The summed E-state index contributed by atoms with van der Waals surface area (Å²) in [5.41, 5.74) is -0.0945. The Balaban J connectivity index is 1.84. The van der Waals surface area contributed by atoms with Crippen LogP contribution in [0, 0.1) is 16.0 Å². The van der Waals surface area contributed by atoms with Gasteiger partial charge in [-0.05, 0) is 28.8 Å². The lowest BCUT2D eigenvalue weighted by Crippen LogP contribution is -2.30. The van der Waals surface area contributed by atoms with Gasteiger partial charge in [0.05, 0.1) is 4.92 Å². The molecule has 1 heterocycles.